The number of rotatable bonds is 13. The molecule has 6 atom stereocenters. The number of hydrogen-bond acceptors (Lipinski definition) is 10. The predicted molar refractivity (Wildman–Crippen MR) is 112 cm³/mol. The molecule has 34 heavy (non-hydrogen) atoms. The Hall–Kier alpha value is -2.28. The molecular weight excluding hydrogens is 456 g/mol. The van der Waals surface area contributed by atoms with Gasteiger partial charge < -0.3 is 40.1 Å². The minimum Gasteiger partial charge on any atom is -0.481 e. The summed E-state index contributed by atoms with van der Waals surface area (Å²) in [5, 5.41) is 58.9. The maximum atomic E-state index is 11.7. The number of aliphatic hydroxyl groups excluding tert-OH is 2. The van der Waals surface area contributed by atoms with Crippen LogP contribution in [0.25, 0.3) is 0 Å². The zero-order chi connectivity index (χ0) is 25.5. The van der Waals surface area contributed by atoms with E-state index in [2.05, 4.69) is 0 Å². The summed E-state index contributed by atoms with van der Waals surface area (Å²) in [6.07, 6.45) is -3.72. The van der Waals surface area contributed by atoms with Crippen LogP contribution >= 0.6 is 0 Å². The van der Waals surface area contributed by atoms with Crippen LogP contribution in [0.4, 0.5) is 0 Å². The second-order valence-corrected chi connectivity index (χ2v) is 9.61. The molecule has 0 radical (unpaired) electrons. The molecule has 2 rings (SSSR count). The fourth-order valence-electron chi connectivity index (χ4n) is 4.65. The van der Waals surface area contributed by atoms with Crippen LogP contribution in [0.5, 0.6) is 0 Å². The van der Waals surface area contributed by atoms with E-state index in [1.165, 1.54) is 0 Å². The molecule has 12 heteroatoms. The lowest BCUT2D eigenvalue weighted by atomic mass is 9.85. The van der Waals surface area contributed by atoms with Crippen LogP contribution < -0.4 is 0 Å². The van der Waals surface area contributed by atoms with Crippen molar-refractivity contribution < 1.29 is 59.3 Å². The number of cyclic esters (lactones) is 2. The van der Waals surface area contributed by atoms with Crippen LogP contribution in [0.2, 0.25) is 0 Å². The molecule has 0 spiro atoms. The van der Waals surface area contributed by atoms with Gasteiger partial charge in [0, 0.05) is 12.8 Å². The van der Waals surface area contributed by atoms with E-state index in [1.54, 1.807) is 0 Å². The third-order valence-electron chi connectivity index (χ3n) is 6.20. The number of carboxylic acid groups (broad SMARTS) is 2. The summed E-state index contributed by atoms with van der Waals surface area (Å²) < 4.78 is 10.3. The van der Waals surface area contributed by atoms with Crippen LogP contribution in [0, 0.1) is 0 Å². The van der Waals surface area contributed by atoms with Crippen molar-refractivity contribution in [3.8, 4) is 0 Å². The Bertz CT molecular complexity index is 684. The molecule has 6 N–H and O–H groups in total. The highest BCUT2D eigenvalue weighted by Crippen LogP contribution is 2.32. The number of aliphatic carboxylic acids is 2. The van der Waals surface area contributed by atoms with Crippen molar-refractivity contribution >= 4 is 23.9 Å². The molecule has 2 aliphatic heterocycles. The van der Waals surface area contributed by atoms with E-state index in [9.17, 15) is 39.6 Å². The molecule has 0 aromatic heterocycles. The summed E-state index contributed by atoms with van der Waals surface area (Å²) in [4.78, 5) is 45.2. The number of carboxylic acids is 2. The average Bonchev–Trinajstić information content (AvgIpc) is 2.65. The molecule has 6 unspecified atom stereocenters. The average molecular weight is 491 g/mol. The smallest absolute Gasteiger partial charge is 0.309 e. The van der Waals surface area contributed by atoms with Crippen LogP contribution in [0.15, 0.2) is 0 Å². The number of hydrogen-bond donors (Lipinski definition) is 6. The van der Waals surface area contributed by atoms with Crippen LogP contribution in [-0.4, -0.2) is 90.1 Å². The van der Waals surface area contributed by atoms with Crippen molar-refractivity contribution in [2.45, 2.75) is 113 Å². The highest BCUT2D eigenvalue weighted by atomic mass is 16.6. The lowest BCUT2D eigenvalue weighted by Crippen LogP contribution is -2.45. The fraction of sp³-hybridized carbons (Fsp3) is 0.818. The molecule has 2 fully saturated rings. The minimum atomic E-state index is -1.67. The van der Waals surface area contributed by atoms with Gasteiger partial charge in [0.05, 0.1) is 49.1 Å². The quantitative estimate of drug-likeness (QED) is 0.187. The third kappa shape index (κ3) is 9.53. The molecule has 0 amide bonds. The first-order valence-corrected chi connectivity index (χ1v) is 11.4. The van der Waals surface area contributed by atoms with E-state index in [1.807, 2.05) is 0 Å². The van der Waals surface area contributed by atoms with E-state index < -0.39 is 85.2 Å². The Balaban J connectivity index is 1.70. The van der Waals surface area contributed by atoms with Gasteiger partial charge in [-0.25, -0.2) is 0 Å². The van der Waals surface area contributed by atoms with Gasteiger partial charge in [0.15, 0.2) is 0 Å². The van der Waals surface area contributed by atoms with Gasteiger partial charge in [-0.3, -0.25) is 19.2 Å². The van der Waals surface area contributed by atoms with Crippen LogP contribution in [0.1, 0.15) is 77.0 Å². The Labute approximate surface area is 196 Å². The SMILES string of the molecule is O=C(O)CC1(O)CC(=O)OC(CCC(O)CCC(O)CCC2CC(O)(CC(=O)O)CC(=O)O2)C1. The Morgan fingerprint density at radius 1 is 0.765 bits per heavy atom. The lowest BCUT2D eigenvalue weighted by molar-refractivity contribution is -0.176. The van der Waals surface area contributed by atoms with Crippen molar-refractivity contribution in [3.05, 3.63) is 0 Å². The fourth-order valence-corrected chi connectivity index (χ4v) is 4.65. The third-order valence-corrected chi connectivity index (χ3v) is 6.20. The summed E-state index contributed by atoms with van der Waals surface area (Å²) in [7, 11) is 0. The van der Waals surface area contributed by atoms with Gasteiger partial charge >= 0.3 is 23.9 Å². The van der Waals surface area contributed by atoms with Gasteiger partial charge in [0.25, 0.3) is 0 Å². The van der Waals surface area contributed by atoms with Crippen molar-refractivity contribution in [1.82, 2.24) is 0 Å². The highest BCUT2D eigenvalue weighted by molar-refractivity contribution is 5.75. The molecule has 2 saturated heterocycles. The molecule has 0 saturated carbocycles. The van der Waals surface area contributed by atoms with Gasteiger partial charge in [-0.15, -0.1) is 0 Å². The number of ether oxygens (including phenoxy) is 2. The summed E-state index contributed by atoms with van der Waals surface area (Å²) in [5.74, 6) is -3.83. The molecule has 0 aliphatic carbocycles. The monoisotopic (exact) mass is 490 g/mol. The van der Waals surface area contributed by atoms with Gasteiger partial charge in [-0.1, -0.05) is 0 Å². The highest BCUT2D eigenvalue weighted by Gasteiger charge is 2.42. The zero-order valence-electron chi connectivity index (χ0n) is 18.9. The molecule has 2 aliphatic rings. The van der Waals surface area contributed by atoms with Crippen molar-refractivity contribution in [2.75, 3.05) is 0 Å². The first-order valence-electron chi connectivity index (χ1n) is 11.4. The topological polar surface area (TPSA) is 208 Å². The van der Waals surface area contributed by atoms with E-state index in [-0.39, 0.29) is 51.4 Å². The van der Waals surface area contributed by atoms with Crippen molar-refractivity contribution in [1.29, 1.82) is 0 Å². The van der Waals surface area contributed by atoms with E-state index in [0.717, 1.165) is 0 Å². The minimum absolute atomic E-state index is 0.0330. The molecule has 0 aromatic rings. The Morgan fingerprint density at radius 3 is 1.44 bits per heavy atom. The second-order valence-electron chi connectivity index (χ2n) is 9.61. The first-order chi connectivity index (χ1) is 15.8. The number of aliphatic hydroxyl groups is 4. The first kappa shape index (κ1) is 28.0. The standard InChI is InChI=1S/C22H34O12/c23-13(3-5-15-7-21(31,9-17(25)26)11-19(29)33-15)1-2-14(24)4-6-16-8-22(32,10-18(27)28)12-20(30)34-16/h13-16,23-24,31-32H,1-12H2,(H,25,26)(H,27,28). The van der Waals surface area contributed by atoms with Gasteiger partial charge in [-0.2, -0.15) is 0 Å². The van der Waals surface area contributed by atoms with Crippen LogP contribution in [-0.2, 0) is 28.7 Å². The summed E-state index contributed by atoms with van der Waals surface area (Å²) >= 11 is 0. The zero-order valence-corrected chi connectivity index (χ0v) is 18.9. The summed E-state index contributed by atoms with van der Waals surface area (Å²) in [5.41, 5.74) is -3.35. The second kappa shape index (κ2) is 11.9. The molecule has 0 bridgehead atoms. The van der Waals surface area contributed by atoms with Gasteiger partial charge in [0.2, 0.25) is 0 Å². The largest absolute Gasteiger partial charge is 0.481 e. The van der Waals surface area contributed by atoms with E-state index >= 15 is 0 Å². The van der Waals surface area contributed by atoms with Gasteiger partial charge in [0.1, 0.15) is 12.2 Å². The number of carbonyl (C=O) groups excluding carboxylic acids is 2. The molecular formula is C22H34O12. The molecule has 2 heterocycles. The maximum Gasteiger partial charge on any atom is 0.309 e. The van der Waals surface area contributed by atoms with Gasteiger partial charge in [-0.05, 0) is 38.5 Å². The number of esters is 2. The van der Waals surface area contributed by atoms with E-state index in [0.29, 0.717) is 0 Å². The molecule has 194 valence electrons. The lowest BCUT2D eigenvalue weighted by Gasteiger charge is -2.35. The Morgan fingerprint density at radius 2 is 1.12 bits per heavy atom. The predicted octanol–water partition coefficient (Wildman–Crippen LogP) is -0.128. The summed E-state index contributed by atoms with van der Waals surface area (Å²) in [6.45, 7) is 0. The maximum absolute atomic E-state index is 11.7. The number of carbonyl (C=O) groups is 4. The molecule has 12 nitrogen and oxygen atoms in total. The summed E-state index contributed by atoms with van der Waals surface area (Å²) in [6, 6.07) is 0. The normalized spacial score (nSPS) is 31.3. The van der Waals surface area contributed by atoms with Crippen molar-refractivity contribution in [3.63, 3.8) is 0 Å². The van der Waals surface area contributed by atoms with Crippen molar-refractivity contribution in [2.24, 2.45) is 0 Å². The van der Waals surface area contributed by atoms with E-state index in [4.69, 9.17) is 19.7 Å². The van der Waals surface area contributed by atoms with Crippen LogP contribution in [0.3, 0.4) is 0 Å². The molecule has 0 aromatic carbocycles. The Kier molecular flexibility index (Phi) is 9.80.